The molecule has 4 aromatic rings. The summed E-state index contributed by atoms with van der Waals surface area (Å²) in [6.07, 6.45) is 1.74. The average Bonchev–Trinajstić information content (AvgIpc) is 2.69. The van der Waals surface area contributed by atoms with Crippen molar-refractivity contribution in [3.8, 4) is 0 Å². The van der Waals surface area contributed by atoms with Gasteiger partial charge in [-0.05, 0) is 37.3 Å². The number of hydrogen-bond acceptors (Lipinski definition) is 5. The van der Waals surface area contributed by atoms with Crippen LogP contribution in [0.3, 0.4) is 0 Å². The van der Waals surface area contributed by atoms with Gasteiger partial charge in [0.15, 0.2) is 0 Å². The Morgan fingerprint density at radius 3 is 2.59 bits per heavy atom. The van der Waals surface area contributed by atoms with E-state index in [2.05, 4.69) is 25.6 Å². The molecule has 4 rings (SSSR count). The summed E-state index contributed by atoms with van der Waals surface area (Å²) in [7, 11) is 0. The Hall–Kier alpha value is -3.80. The monoisotopic (exact) mass is 355 g/mol. The molecule has 2 N–H and O–H groups in total. The van der Waals surface area contributed by atoms with Crippen LogP contribution in [0.2, 0.25) is 0 Å². The molecule has 1 amide bonds. The highest BCUT2D eigenvalue weighted by atomic mass is 16.1. The highest BCUT2D eigenvalue weighted by Gasteiger charge is 2.12. The van der Waals surface area contributed by atoms with Gasteiger partial charge in [-0.2, -0.15) is 0 Å². The molecule has 27 heavy (non-hydrogen) atoms. The second kappa shape index (κ2) is 7.21. The van der Waals surface area contributed by atoms with E-state index in [9.17, 15) is 4.79 Å². The molecule has 0 atom stereocenters. The molecule has 6 heteroatoms. The number of amides is 1. The zero-order chi connectivity index (χ0) is 18.6. The number of rotatable bonds is 4. The maximum atomic E-state index is 12.5. The summed E-state index contributed by atoms with van der Waals surface area (Å²) < 4.78 is 0. The van der Waals surface area contributed by atoms with Crippen molar-refractivity contribution in [3.63, 3.8) is 0 Å². The van der Waals surface area contributed by atoms with Crippen LogP contribution < -0.4 is 10.6 Å². The highest BCUT2D eigenvalue weighted by Crippen LogP contribution is 2.23. The van der Waals surface area contributed by atoms with Crippen LogP contribution in [0.5, 0.6) is 0 Å². The number of para-hydroxylation sites is 2. The van der Waals surface area contributed by atoms with E-state index in [0.717, 1.165) is 16.6 Å². The Kier molecular flexibility index (Phi) is 4.45. The number of carbonyl (C=O) groups is 1. The molecule has 0 spiro atoms. The van der Waals surface area contributed by atoms with Crippen molar-refractivity contribution in [2.75, 3.05) is 10.6 Å². The van der Waals surface area contributed by atoms with Crippen LogP contribution in [-0.2, 0) is 0 Å². The Morgan fingerprint density at radius 2 is 1.74 bits per heavy atom. The van der Waals surface area contributed by atoms with Gasteiger partial charge in [0.05, 0.1) is 11.2 Å². The van der Waals surface area contributed by atoms with Crippen LogP contribution in [0, 0.1) is 6.92 Å². The van der Waals surface area contributed by atoms with Crippen molar-refractivity contribution in [1.82, 2.24) is 15.0 Å². The molecule has 0 aliphatic rings. The molecular weight excluding hydrogens is 338 g/mol. The van der Waals surface area contributed by atoms with Crippen molar-refractivity contribution in [2.45, 2.75) is 6.92 Å². The highest BCUT2D eigenvalue weighted by molar-refractivity contribution is 6.03. The first kappa shape index (κ1) is 16.7. The summed E-state index contributed by atoms with van der Waals surface area (Å²) in [5.41, 5.74) is 3.31. The van der Waals surface area contributed by atoms with Crippen molar-refractivity contribution in [3.05, 3.63) is 84.3 Å². The fraction of sp³-hybridized carbons (Fsp3) is 0.0476. The minimum atomic E-state index is -0.286. The number of fused-ring (bicyclic) bond motifs is 1. The fourth-order valence-electron chi connectivity index (χ4n) is 2.78. The first-order valence-electron chi connectivity index (χ1n) is 8.52. The number of aromatic nitrogens is 3. The fourth-order valence-corrected chi connectivity index (χ4v) is 2.78. The summed E-state index contributed by atoms with van der Waals surface area (Å²) in [6, 6.07) is 20.6. The van der Waals surface area contributed by atoms with E-state index in [-0.39, 0.29) is 5.91 Å². The zero-order valence-electron chi connectivity index (χ0n) is 14.7. The number of anilines is 3. The minimum absolute atomic E-state index is 0.286. The van der Waals surface area contributed by atoms with Gasteiger partial charge < -0.3 is 10.6 Å². The van der Waals surface area contributed by atoms with Crippen LogP contribution in [0.1, 0.15) is 16.2 Å². The molecule has 0 radical (unpaired) electrons. The molecule has 2 aromatic carbocycles. The van der Waals surface area contributed by atoms with Crippen molar-refractivity contribution in [1.29, 1.82) is 0 Å². The van der Waals surface area contributed by atoms with Crippen molar-refractivity contribution >= 4 is 34.1 Å². The zero-order valence-corrected chi connectivity index (χ0v) is 14.7. The van der Waals surface area contributed by atoms with Gasteiger partial charge in [0.1, 0.15) is 5.69 Å². The predicted octanol–water partition coefficient (Wildman–Crippen LogP) is 4.33. The molecule has 6 nitrogen and oxygen atoms in total. The van der Waals surface area contributed by atoms with E-state index in [1.54, 1.807) is 12.3 Å². The van der Waals surface area contributed by atoms with Gasteiger partial charge in [-0.15, -0.1) is 0 Å². The van der Waals surface area contributed by atoms with E-state index in [0.29, 0.717) is 23.0 Å². The molecule has 0 saturated carbocycles. The number of carbonyl (C=O) groups excluding carboxylic acids is 1. The van der Waals surface area contributed by atoms with Crippen LogP contribution >= 0.6 is 0 Å². The third-order valence-corrected chi connectivity index (χ3v) is 4.00. The summed E-state index contributed by atoms with van der Waals surface area (Å²) in [6.45, 7) is 1.83. The molecule has 0 saturated heterocycles. The Labute approximate surface area is 156 Å². The second-order valence-corrected chi connectivity index (χ2v) is 6.04. The van der Waals surface area contributed by atoms with Gasteiger partial charge in [0, 0.05) is 23.0 Å². The maximum absolute atomic E-state index is 12.5. The second-order valence-electron chi connectivity index (χ2n) is 6.04. The minimum Gasteiger partial charge on any atom is -0.322 e. The van der Waals surface area contributed by atoms with Crippen LogP contribution in [0.4, 0.5) is 17.3 Å². The van der Waals surface area contributed by atoms with Gasteiger partial charge in [0.25, 0.3) is 5.91 Å². The lowest BCUT2D eigenvalue weighted by Crippen LogP contribution is -2.15. The Morgan fingerprint density at radius 1 is 0.926 bits per heavy atom. The lowest BCUT2D eigenvalue weighted by molar-refractivity contribution is 0.102. The molecular formula is C21H17N5O. The number of nitrogens with one attached hydrogen (secondary N) is 2. The van der Waals surface area contributed by atoms with Crippen LogP contribution in [0.15, 0.2) is 72.9 Å². The number of benzene rings is 2. The Balaban J connectivity index is 1.63. The molecule has 0 aliphatic carbocycles. The summed E-state index contributed by atoms with van der Waals surface area (Å²) >= 11 is 0. The largest absolute Gasteiger partial charge is 0.322 e. The van der Waals surface area contributed by atoms with Gasteiger partial charge in [-0.1, -0.05) is 36.4 Å². The summed E-state index contributed by atoms with van der Waals surface area (Å²) in [5, 5.41) is 7.03. The van der Waals surface area contributed by atoms with Gasteiger partial charge in [0.2, 0.25) is 5.95 Å². The van der Waals surface area contributed by atoms with Gasteiger partial charge in [-0.25, -0.2) is 9.97 Å². The number of pyridine rings is 1. The topological polar surface area (TPSA) is 79.8 Å². The number of aryl methyl sites for hydroxylation is 1. The van der Waals surface area contributed by atoms with E-state index < -0.39 is 0 Å². The van der Waals surface area contributed by atoms with Gasteiger partial charge >= 0.3 is 0 Å². The van der Waals surface area contributed by atoms with E-state index in [4.69, 9.17) is 0 Å². The van der Waals surface area contributed by atoms with E-state index >= 15 is 0 Å². The quantitative estimate of drug-likeness (QED) is 0.569. The van der Waals surface area contributed by atoms with E-state index in [1.807, 2.05) is 67.6 Å². The SMILES string of the molecule is Cc1cc(C(=O)Nc2ccccc2)nc(Nc2cccc3cccnc23)n1. The van der Waals surface area contributed by atoms with Crippen molar-refractivity contribution < 1.29 is 4.79 Å². The first-order chi connectivity index (χ1) is 13.2. The maximum Gasteiger partial charge on any atom is 0.274 e. The third kappa shape index (κ3) is 3.74. The van der Waals surface area contributed by atoms with E-state index in [1.165, 1.54) is 0 Å². The Bertz CT molecular complexity index is 1110. The van der Waals surface area contributed by atoms with Crippen LogP contribution in [-0.4, -0.2) is 20.9 Å². The third-order valence-electron chi connectivity index (χ3n) is 4.00. The van der Waals surface area contributed by atoms with Crippen molar-refractivity contribution in [2.24, 2.45) is 0 Å². The standard InChI is InChI=1S/C21H17N5O/c1-14-13-18(20(27)24-16-9-3-2-4-10-16)26-21(23-14)25-17-11-5-7-15-8-6-12-22-19(15)17/h2-13H,1H3,(H,24,27)(H,23,25,26). The lowest BCUT2D eigenvalue weighted by Gasteiger charge is -2.10. The molecule has 0 bridgehead atoms. The number of nitrogens with zero attached hydrogens (tertiary/aromatic N) is 3. The summed E-state index contributed by atoms with van der Waals surface area (Å²) in [5.74, 6) is 0.0668. The van der Waals surface area contributed by atoms with Crippen LogP contribution in [0.25, 0.3) is 10.9 Å². The predicted molar refractivity (Wildman–Crippen MR) is 106 cm³/mol. The average molecular weight is 355 g/mol. The first-order valence-corrected chi connectivity index (χ1v) is 8.52. The molecule has 2 aromatic heterocycles. The lowest BCUT2D eigenvalue weighted by atomic mass is 10.2. The smallest absolute Gasteiger partial charge is 0.274 e. The molecule has 132 valence electrons. The summed E-state index contributed by atoms with van der Waals surface area (Å²) in [4.78, 5) is 25.7. The molecule has 0 unspecified atom stereocenters. The normalized spacial score (nSPS) is 10.6. The molecule has 0 fully saturated rings. The number of hydrogen-bond donors (Lipinski definition) is 2. The van der Waals surface area contributed by atoms with Gasteiger partial charge in [-0.3, -0.25) is 9.78 Å². The molecule has 0 aliphatic heterocycles. The molecule has 2 heterocycles.